The molecule has 0 bridgehead atoms. The van der Waals surface area contributed by atoms with E-state index in [1.165, 1.54) is 48.8 Å². The molecule has 0 unspecified atom stereocenters. The van der Waals surface area contributed by atoms with Gasteiger partial charge in [0.2, 0.25) is 10.0 Å². The van der Waals surface area contributed by atoms with Crippen molar-refractivity contribution in [2.45, 2.75) is 58.3 Å². The third-order valence-electron chi connectivity index (χ3n) is 4.90. The molecule has 1 aliphatic carbocycles. The van der Waals surface area contributed by atoms with Crippen molar-refractivity contribution in [3.63, 3.8) is 0 Å². The lowest BCUT2D eigenvalue weighted by Crippen LogP contribution is -2.14. The van der Waals surface area contributed by atoms with Crippen molar-refractivity contribution in [1.29, 1.82) is 0 Å². The standard InChI is InChI=1S/C18H26N2O2S/c1-14-11-12-17-16(13-14)19-18(20(17)23(2,21)22)10-6-9-15-7-4-3-5-8-15/h11-13,15H,3-10H2,1-2H3. The fraction of sp³-hybridized carbons (Fsp3) is 0.611. The van der Waals surface area contributed by atoms with Crippen LogP contribution in [0.3, 0.4) is 0 Å². The Morgan fingerprint density at radius 1 is 1.22 bits per heavy atom. The Hall–Kier alpha value is -1.36. The molecule has 0 N–H and O–H groups in total. The molecule has 1 aliphatic rings. The number of hydrogen-bond donors (Lipinski definition) is 0. The monoisotopic (exact) mass is 334 g/mol. The number of aromatic nitrogens is 2. The molecular formula is C18H26N2O2S. The van der Waals surface area contributed by atoms with E-state index in [1.807, 2.05) is 25.1 Å². The highest BCUT2D eigenvalue weighted by atomic mass is 32.2. The first-order chi connectivity index (χ1) is 10.9. The second-order valence-electron chi connectivity index (χ2n) is 6.94. The summed E-state index contributed by atoms with van der Waals surface area (Å²) in [7, 11) is -3.33. The lowest BCUT2D eigenvalue weighted by molar-refractivity contribution is 0.332. The summed E-state index contributed by atoms with van der Waals surface area (Å²) in [6.45, 7) is 2.00. The molecule has 0 spiro atoms. The molecule has 126 valence electrons. The van der Waals surface area contributed by atoms with Gasteiger partial charge >= 0.3 is 0 Å². The summed E-state index contributed by atoms with van der Waals surface area (Å²) in [6.07, 6.45) is 10.9. The number of fused-ring (bicyclic) bond motifs is 1. The number of benzene rings is 1. The SMILES string of the molecule is Cc1ccc2c(c1)nc(CCCC1CCCCC1)n2S(C)(=O)=O. The predicted octanol–water partition coefficient (Wildman–Crippen LogP) is 4.06. The highest BCUT2D eigenvalue weighted by molar-refractivity contribution is 7.89. The molecule has 1 aromatic carbocycles. The number of imidazole rings is 1. The van der Waals surface area contributed by atoms with Gasteiger partial charge in [0.1, 0.15) is 5.82 Å². The molecule has 1 saturated carbocycles. The Kier molecular flexibility index (Phi) is 4.76. The maximum atomic E-state index is 12.2. The molecule has 2 aromatic rings. The van der Waals surface area contributed by atoms with Crippen molar-refractivity contribution in [3.05, 3.63) is 29.6 Å². The second-order valence-corrected chi connectivity index (χ2v) is 8.78. The van der Waals surface area contributed by atoms with Crippen LogP contribution in [0.5, 0.6) is 0 Å². The van der Waals surface area contributed by atoms with E-state index in [0.717, 1.165) is 29.8 Å². The lowest BCUT2D eigenvalue weighted by atomic mass is 9.86. The first kappa shape index (κ1) is 16.5. The largest absolute Gasteiger partial charge is 0.237 e. The normalized spacial score (nSPS) is 17.0. The third kappa shape index (κ3) is 3.77. The van der Waals surface area contributed by atoms with Crippen LogP contribution in [0.15, 0.2) is 18.2 Å². The number of nitrogens with zero attached hydrogens (tertiary/aromatic N) is 2. The van der Waals surface area contributed by atoms with Gasteiger partial charge in [-0.15, -0.1) is 0 Å². The predicted molar refractivity (Wildman–Crippen MR) is 94.2 cm³/mol. The van der Waals surface area contributed by atoms with Gasteiger partial charge in [-0.3, -0.25) is 0 Å². The molecule has 1 heterocycles. The molecule has 4 nitrogen and oxygen atoms in total. The van der Waals surface area contributed by atoms with Crippen molar-refractivity contribution in [2.75, 3.05) is 6.26 Å². The number of hydrogen-bond acceptors (Lipinski definition) is 3. The van der Waals surface area contributed by atoms with Gasteiger partial charge in [-0.1, -0.05) is 44.6 Å². The topological polar surface area (TPSA) is 52.0 Å². The van der Waals surface area contributed by atoms with E-state index < -0.39 is 10.0 Å². The molecule has 0 aliphatic heterocycles. The van der Waals surface area contributed by atoms with E-state index >= 15 is 0 Å². The molecule has 3 rings (SSSR count). The molecule has 23 heavy (non-hydrogen) atoms. The smallest absolute Gasteiger partial charge is 0.232 e. The molecule has 0 atom stereocenters. The summed E-state index contributed by atoms with van der Waals surface area (Å²) in [5.74, 6) is 1.51. The van der Waals surface area contributed by atoms with Crippen LogP contribution in [-0.2, 0) is 16.4 Å². The fourth-order valence-corrected chi connectivity index (χ4v) is 4.80. The van der Waals surface area contributed by atoms with E-state index in [0.29, 0.717) is 11.3 Å². The first-order valence-corrected chi connectivity index (χ1v) is 10.5. The van der Waals surface area contributed by atoms with E-state index in [2.05, 4.69) is 4.98 Å². The van der Waals surface area contributed by atoms with Crippen LogP contribution in [0.2, 0.25) is 0 Å². The van der Waals surface area contributed by atoms with Gasteiger partial charge in [-0.2, -0.15) is 0 Å². The molecule has 5 heteroatoms. The van der Waals surface area contributed by atoms with E-state index in [1.54, 1.807) is 0 Å². The van der Waals surface area contributed by atoms with Crippen molar-refractivity contribution < 1.29 is 8.42 Å². The van der Waals surface area contributed by atoms with Gasteiger partial charge in [0.15, 0.2) is 0 Å². The molecule has 0 amide bonds. The quantitative estimate of drug-likeness (QED) is 0.828. The van der Waals surface area contributed by atoms with Crippen molar-refractivity contribution >= 4 is 21.1 Å². The zero-order valence-corrected chi connectivity index (χ0v) is 14.9. The highest BCUT2D eigenvalue weighted by Crippen LogP contribution is 2.28. The van der Waals surface area contributed by atoms with Crippen molar-refractivity contribution in [3.8, 4) is 0 Å². The minimum atomic E-state index is -3.33. The average Bonchev–Trinajstić information content (AvgIpc) is 2.85. The van der Waals surface area contributed by atoms with E-state index in [-0.39, 0.29) is 0 Å². The molecule has 1 fully saturated rings. The van der Waals surface area contributed by atoms with Gasteiger partial charge < -0.3 is 0 Å². The minimum Gasteiger partial charge on any atom is -0.232 e. The first-order valence-electron chi connectivity index (χ1n) is 8.63. The van der Waals surface area contributed by atoms with Crippen LogP contribution in [0, 0.1) is 12.8 Å². The van der Waals surface area contributed by atoms with Crippen LogP contribution in [0.25, 0.3) is 11.0 Å². The van der Waals surface area contributed by atoms with Gasteiger partial charge in [0.25, 0.3) is 0 Å². The van der Waals surface area contributed by atoms with Crippen molar-refractivity contribution in [2.24, 2.45) is 5.92 Å². The summed E-state index contributed by atoms with van der Waals surface area (Å²) >= 11 is 0. The Morgan fingerprint density at radius 3 is 2.65 bits per heavy atom. The maximum absolute atomic E-state index is 12.2. The summed E-state index contributed by atoms with van der Waals surface area (Å²) in [4.78, 5) is 4.61. The Bertz CT molecular complexity index is 787. The Balaban J connectivity index is 1.81. The molecular weight excluding hydrogens is 308 g/mol. The van der Waals surface area contributed by atoms with Crippen LogP contribution in [0.1, 0.15) is 56.3 Å². The molecule has 1 aromatic heterocycles. The van der Waals surface area contributed by atoms with E-state index in [9.17, 15) is 8.42 Å². The van der Waals surface area contributed by atoms with Crippen LogP contribution in [0.4, 0.5) is 0 Å². The van der Waals surface area contributed by atoms with E-state index in [4.69, 9.17) is 0 Å². The summed E-state index contributed by atoms with van der Waals surface area (Å²) < 4.78 is 25.8. The third-order valence-corrected chi connectivity index (χ3v) is 5.97. The average molecular weight is 334 g/mol. The Morgan fingerprint density at radius 2 is 1.96 bits per heavy atom. The maximum Gasteiger partial charge on any atom is 0.237 e. The van der Waals surface area contributed by atoms with Gasteiger partial charge in [-0.05, 0) is 37.0 Å². The van der Waals surface area contributed by atoms with Crippen LogP contribution < -0.4 is 0 Å². The summed E-state index contributed by atoms with van der Waals surface area (Å²) in [6, 6.07) is 5.77. The second kappa shape index (κ2) is 6.63. The highest BCUT2D eigenvalue weighted by Gasteiger charge is 2.19. The van der Waals surface area contributed by atoms with Crippen LogP contribution >= 0.6 is 0 Å². The minimum absolute atomic E-state index is 0.684. The fourth-order valence-electron chi connectivity index (χ4n) is 3.77. The number of rotatable bonds is 5. The lowest BCUT2D eigenvalue weighted by Gasteiger charge is -2.21. The summed E-state index contributed by atoms with van der Waals surface area (Å²) in [5.41, 5.74) is 2.58. The van der Waals surface area contributed by atoms with Gasteiger partial charge in [-0.25, -0.2) is 17.4 Å². The molecule has 0 saturated heterocycles. The zero-order chi connectivity index (χ0) is 16.4. The number of aryl methyl sites for hydroxylation is 2. The van der Waals surface area contributed by atoms with Crippen LogP contribution in [-0.4, -0.2) is 23.6 Å². The molecule has 0 radical (unpaired) electrons. The van der Waals surface area contributed by atoms with Crippen molar-refractivity contribution in [1.82, 2.24) is 8.96 Å². The van der Waals surface area contributed by atoms with Gasteiger partial charge in [0.05, 0.1) is 17.3 Å². The summed E-state index contributed by atoms with van der Waals surface area (Å²) in [5, 5.41) is 0. The Labute approximate surface area is 139 Å². The zero-order valence-electron chi connectivity index (χ0n) is 14.1. The van der Waals surface area contributed by atoms with Gasteiger partial charge in [0, 0.05) is 6.42 Å².